The molecule has 0 bridgehead atoms. The Morgan fingerprint density at radius 3 is 2.39 bits per heavy atom. The van der Waals surface area contributed by atoms with Crippen molar-refractivity contribution >= 4 is 21.2 Å². The smallest absolute Gasteiger partial charge is 0.207 e. The molecule has 0 N–H and O–H groups in total. The average Bonchev–Trinajstić information content (AvgIpc) is 3.03. The SMILES string of the molecule is [2H]C([2H])([2H])[S+](OC(c1ccccc1)C1CC(C)(C)CN1S(=O)(=O)c1ccc(C)cc1)C([2H])([2H])[2H]. The first-order valence-corrected chi connectivity index (χ1v) is 11.7. The summed E-state index contributed by atoms with van der Waals surface area (Å²) in [6, 6.07) is 14.4. The number of sulfonamides is 1. The third kappa shape index (κ3) is 4.62. The Morgan fingerprint density at radius 2 is 1.79 bits per heavy atom. The van der Waals surface area contributed by atoms with Crippen LogP contribution in [0.3, 0.4) is 0 Å². The van der Waals surface area contributed by atoms with E-state index >= 15 is 0 Å². The standard InChI is InChI=1S/C22H30NO3S2/c1-17-11-13-19(14-12-17)28(24,25)23-16-22(2,3)15-20(23)21(26-27(4)5)18-9-7-6-8-10-18/h6-14,20-21H,15-16H2,1-5H3/q+1/i4D3,5D3. The molecule has 152 valence electrons. The van der Waals surface area contributed by atoms with Crippen molar-refractivity contribution in [1.82, 2.24) is 4.31 Å². The summed E-state index contributed by atoms with van der Waals surface area (Å²) in [5.74, 6) is 0. The molecule has 2 unspecified atom stereocenters. The molecule has 2 aromatic carbocycles. The van der Waals surface area contributed by atoms with Crippen LogP contribution in [0.4, 0.5) is 0 Å². The second kappa shape index (κ2) is 8.19. The number of hydrogen-bond donors (Lipinski definition) is 0. The summed E-state index contributed by atoms with van der Waals surface area (Å²) in [5, 5.41) is 0. The van der Waals surface area contributed by atoms with E-state index in [1.165, 1.54) is 4.31 Å². The third-order valence-corrected chi connectivity index (χ3v) is 7.31. The molecule has 0 amide bonds. The fourth-order valence-corrected chi connectivity index (χ4v) is 5.99. The van der Waals surface area contributed by atoms with Crippen molar-refractivity contribution in [2.45, 2.75) is 44.2 Å². The second-order valence-electron chi connectivity index (χ2n) is 8.00. The predicted molar refractivity (Wildman–Crippen MR) is 117 cm³/mol. The molecule has 1 heterocycles. The highest BCUT2D eigenvalue weighted by Crippen LogP contribution is 2.44. The van der Waals surface area contributed by atoms with Crippen LogP contribution in [-0.2, 0) is 25.4 Å². The highest BCUT2D eigenvalue weighted by Gasteiger charge is 2.49. The van der Waals surface area contributed by atoms with Gasteiger partial charge in [-0.3, -0.25) is 0 Å². The van der Waals surface area contributed by atoms with E-state index in [9.17, 15) is 8.42 Å². The van der Waals surface area contributed by atoms with Gasteiger partial charge in [-0.05, 0) is 36.5 Å². The lowest BCUT2D eigenvalue weighted by atomic mass is 9.88. The molecule has 2 aromatic rings. The molecule has 0 aliphatic carbocycles. The van der Waals surface area contributed by atoms with Crippen LogP contribution in [0.5, 0.6) is 0 Å². The Bertz CT molecular complexity index is 1070. The summed E-state index contributed by atoms with van der Waals surface area (Å²) in [6.07, 6.45) is -6.50. The quantitative estimate of drug-likeness (QED) is 0.646. The van der Waals surface area contributed by atoms with E-state index in [-0.39, 0.29) is 11.4 Å². The summed E-state index contributed by atoms with van der Waals surface area (Å²) in [6.45, 7) is 5.91. The van der Waals surface area contributed by atoms with Crippen LogP contribution in [0.1, 0.15) is 45.7 Å². The zero-order chi connectivity index (χ0) is 25.5. The maximum atomic E-state index is 13.7. The van der Waals surface area contributed by atoms with Crippen LogP contribution in [0.2, 0.25) is 0 Å². The van der Waals surface area contributed by atoms with Gasteiger partial charge in [0.1, 0.15) is 23.5 Å². The van der Waals surface area contributed by atoms with Crippen molar-refractivity contribution in [1.29, 1.82) is 0 Å². The molecule has 1 fully saturated rings. The Kier molecular flexibility index (Phi) is 4.27. The molecule has 0 aromatic heterocycles. The number of hydrogen-bond acceptors (Lipinski definition) is 3. The van der Waals surface area contributed by atoms with Gasteiger partial charge in [0.2, 0.25) is 10.0 Å². The van der Waals surface area contributed by atoms with Crippen molar-refractivity contribution < 1.29 is 20.8 Å². The first kappa shape index (κ1) is 14.6. The van der Waals surface area contributed by atoms with E-state index in [0.29, 0.717) is 12.0 Å². The number of nitrogens with zero attached hydrogens (tertiary/aromatic N) is 1. The molecule has 0 spiro atoms. The fourth-order valence-electron chi connectivity index (χ4n) is 3.73. The van der Waals surface area contributed by atoms with Crippen LogP contribution in [-0.4, -0.2) is 37.7 Å². The number of benzene rings is 2. The van der Waals surface area contributed by atoms with Gasteiger partial charge in [-0.1, -0.05) is 61.9 Å². The minimum atomic E-state index is -3.96. The lowest BCUT2D eigenvalue weighted by Crippen LogP contribution is -2.40. The van der Waals surface area contributed by atoms with Gasteiger partial charge in [-0.25, -0.2) is 8.42 Å². The average molecular weight is 427 g/mol. The molecular formula is C22H30NO3S2+. The van der Waals surface area contributed by atoms with E-state index in [0.717, 1.165) is 5.56 Å². The Labute approximate surface area is 180 Å². The van der Waals surface area contributed by atoms with Gasteiger partial charge in [-0.15, -0.1) is 0 Å². The largest absolute Gasteiger partial charge is 0.243 e. The highest BCUT2D eigenvalue weighted by atomic mass is 32.2. The molecule has 0 radical (unpaired) electrons. The highest BCUT2D eigenvalue weighted by molar-refractivity contribution is 7.91. The lowest BCUT2D eigenvalue weighted by Gasteiger charge is -2.29. The Balaban J connectivity index is 2.12. The van der Waals surface area contributed by atoms with Crippen molar-refractivity contribution in [3.8, 4) is 0 Å². The Morgan fingerprint density at radius 1 is 1.14 bits per heavy atom. The van der Waals surface area contributed by atoms with Crippen molar-refractivity contribution in [2.24, 2.45) is 5.41 Å². The van der Waals surface area contributed by atoms with Crippen LogP contribution >= 0.6 is 0 Å². The fraction of sp³-hybridized carbons (Fsp3) is 0.455. The van der Waals surface area contributed by atoms with E-state index < -0.39 is 51.1 Å². The molecule has 0 saturated carbocycles. The maximum Gasteiger partial charge on any atom is 0.243 e. The molecule has 28 heavy (non-hydrogen) atoms. The van der Waals surface area contributed by atoms with E-state index in [4.69, 9.17) is 12.4 Å². The summed E-state index contributed by atoms with van der Waals surface area (Å²) in [7, 11) is -3.96. The summed E-state index contributed by atoms with van der Waals surface area (Å²) < 4.78 is 81.5. The van der Waals surface area contributed by atoms with Gasteiger partial charge in [0.15, 0.2) is 6.10 Å². The minimum absolute atomic E-state index is 0.123. The molecule has 3 rings (SSSR count). The van der Waals surface area contributed by atoms with Crippen molar-refractivity contribution in [2.75, 3.05) is 18.9 Å². The summed E-state index contributed by atoms with van der Waals surface area (Å²) in [4.78, 5) is 0.123. The summed E-state index contributed by atoms with van der Waals surface area (Å²) >= 11 is -2.42. The first-order chi connectivity index (χ1) is 15.5. The number of aryl methyl sites for hydroxylation is 1. The van der Waals surface area contributed by atoms with Gasteiger partial charge < -0.3 is 0 Å². The minimum Gasteiger partial charge on any atom is -0.207 e. The van der Waals surface area contributed by atoms with E-state index in [1.54, 1.807) is 54.6 Å². The molecule has 1 aliphatic heterocycles. The zero-order valence-corrected chi connectivity index (χ0v) is 17.9. The first-order valence-electron chi connectivity index (χ1n) is 12.1. The molecule has 6 heteroatoms. The normalized spacial score (nSPS) is 25.2. The zero-order valence-electron chi connectivity index (χ0n) is 22.3. The van der Waals surface area contributed by atoms with Gasteiger partial charge in [0.25, 0.3) is 0 Å². The number of rotatable bonds is 6. The lowest BCUT2D eigenvalue weighted by molar-refractivity contribution is 0.151. The van der Waals surface area contributed by atoms with Gasteiger partial charge >= 0.3 is 0 Å². The van der Waals surface area contributed by atoms with E-state index in [2.05, 4.69) is 0 Å². The van der Waals surface area contributed by atoms with Gasteiger partial charge in [-0.2, -0.15) is 8.49 Å². The Hall–Kier alpha value is -1.34. The molecule has 1 aliphatic rings. The summed E-state index contributed by atoms with van der Waals surface area (Å²) in [5.41, 5.74) is 1.01. The molecule has 4 nitrogen and oxygen atoms in total. The van der Waals surface area contributed by atoms with Crippen molar-refractivity contribution in [3.05, 3.63) is 65.7 Å². The van der Waals surface area contributed by atoms with Crippen LogP contribution in [0.25, 0.3) is 0 Å². The maximum absolute atomic E-state index is 13.7. The molecule has 1 saturated heterocycles. The van der Waals surface area contributed by atoms with E-state index in [1.807, 2.05) is 20.8 Å². The van der Waals surface area contributed by atoms with Gasteiger partial charge in [0.05, 0.1) is 19.2 Å². The van der Waals surface area contributed by atoms with Gasteiger partial charge in [0, 0.05) is 6.54 Å². The molecule has 2 atom stereocenters. The molecular weight excluding hydrogens is 390 g/mol. The van der Waals surface area contributed by atoms with Crippen LogP contribution in [0.15, 0.2) is 59.5 Å². The third-order valence-electron chi connectivity index (χ3n) is 5.02. The van der Waals surface area contributed by atoms with Crippen LogP contribution in [0, 0.1) is 12.3 Å². The second-order valence-corrected chi connectivity index (χ2v) is 10.6. The van der Waals surface area contributed by atoms with Crippen molar-refractivity contribution in [3.63, 3.8) is 0 Å². The predicted octanol–water partition coefficient (Wildman–Crippen LogP) is 4.34. The topological polar surface area (TPSA) is 46.6 Å². The monoisotopic (exact) mass is 426 g/mol. The van der Waals surface area contributed by atoms with Crippen LogP contribution < -0.4 is 0 Å².